The standard InChI is InChI=1S/C16H22O/c1-11(13-5-3-2-4-6-13)16(17)15-10-12-7-8-14(15)9-12/h2-6,11-12,14-17H,7-10H2,1H3. The van der Waals surface area contributed by atoms with E-state index in [1.165, 1.54) is 31.2 Å². The van der Waals surface area contributed by atoms with E-state index in [2.05, 4.69) is 31.2 Å². The van der Waals surface area contributed by atoms with Crippen LogP contribution in [0.2, 0.25) is 0 Å². The number of aliphatic hydroxyl groups is 1. The summed E-state index contributed by atoms with van der Waals surface area (Å²) in [4.78, 5) is 0. The van der Waals surface area contributed by atoms with Gasteiger partial charge in [0.15, 0.2) is 0 Å². The van der Waals surface area contributed by atoms with Gasteiger partial charge in [-0.15, -0.1) is 0 Å². The zero-order valence-corrected chi connectivity index (χ0v) is 10.5. The molecule has 0 radical (unpaired) electrons. The van der Waals surface area contributed by atoms with Crippen molar-refractivity contribution in [3.8, 4) is 0 Å². The molecule has 0 spiro atoms. The monoisotopic (exact) mass is 230 g/mol. The van der Waals surface area contributed by atoms with E-state index in [0.29, 0.717) is 5.92 Å². The third-order valence-corrected chi connectivity index (χ3v) is 5.07. The van der Waals surface area contributed by atoms with Crippen molar-refractivity contribution < 1.29 is 5.11 Å². The van der Waals surface area contributed by atoms with Crippen molar-refractivity contribution >= 4 is 0 Å². The van der Waals surface area contributed by atoms with Gasteiger partial charge in [0.1, 0.15) is 0 Å². The van der Waals surface area contributed by atoms with Crippen molar-refractivity contribution in [3.63, 3.8) is 0 Å². The summed E-state index contributed by atoms with van der Waals surface area (Å²) >= 11 is 0. The highest BCUT2D eigenvalue weighted by atomic mass is 16.3. The van der Waals surface area contributed by atoms with Gasteiger partial charge in [0.05, 0.1) is 6.10 Å². The van der Waals surface area contributed by atoms with Crippen LogP contribution in [-0.2, 0) is 0 Å². The van der Waals surface area contributed by atoms with Crippen molar-refractivity contribution in [1.82, 2.24) is 0 Å². The van der Waals surface area contributed by atoms with E-state index in [1.54, 1.807) is 0 Å². The fourth-order valence-corrected chi connectivity index (χ4v) is 4.04. The lowest BCUT2D eigenvalue weighted by atomic mass is 9.78. The smallest absolute Gasteiger partial charge is 0.0636 e. The third kappa shape index (κ3) is 2.01. The maximum Gasteiger partial charge on any atom is 0.0636 e. The molecule has 2 bridgehead atoms. The maximum absolute atomic E-state index is 10.6. The second-order valence-corrected chi connectivity index (χ2v) is 6.03. The van der Waals surface area contributed by atoms with Gasteiger partial charge >= 0.3 is 0 Å². The second-order valence-electron chi connectivity index (χ2n) is 6.03. The lowest BCUT2D eigenvalue weighted by Crippen LogP contribution is -2.30. The summed E-state index contributed by atoms with van der Waals surface area (Å²) in [6, 6.07) is 10.5. The first-order valence-electron chi connectivity index (χ1n) is 6.98. The van der Waals surface area contributed by atoms with E-state index in [1.807, 2.05) is 6.07 Å². The topological polar surface area (TPSA) is 20.2 Å². The molecular weight excluding hydrogens is 208 g/mol. The predicted molar refractivity (Wildman–Crippen MR) is 69.8 cm³/mol. The van der Waals surface area contributed by atoms with Crippen LogP contribution in [-0.4, -0.2) is 11.2 Å². The van der Waals surface area contributed by atoms with Gasteiger partial charge in [0.25, 0.3) is 0 Å². The van der Waals surface area contributed by atoms with Crippen molar-refractivity contribution in [2.45, 2.75) is 44.6 Å². The van der Waals surface area contributed by atoms with Gasteiger partial charge in [-0.3, -0.25) is 0 Å². The largest absolute Gasteiger partial charge is 0.392 e. The molecule has 2 aliphatic rings. The highest BCUT2D eigenvalue weighted by Crippen LogP contribution is 2.51. The fourth-order valence-electron chi connectivity index (χ4n) is 4.04. The molecule has 17 heavy (non-hydrogen) atoms. The van der Waals surface area contributed by atoms with Gasteiger partial charge in [0, 0.05) is 5.92 Å². The van der Waals surface area contributed by atoms with E-state index in [0.717, 1.165) is 11.8 Å². The first kappa shape index (κ1) is 11.3. The maximum atomic E-state index is 10.6. The van der Waals surface area contributed by atoms with Crippen LogP contribution in [0.3, 0.4) is 0 Å². The lowest BCUT2D eigenvalue weighted by molar-refractivity contribution is 0.0558. The van der Waals surface area contributed by atoms with Gasteiger partial charge in [-0.05, 0) is 42.6 Å². The Hall–Kier alpha value is -0.820. The normalized spacial score (nSPS) is 34.8. The molecule has 5 unspecified atom stereocenters. The molecule has 0 heterocycles. The first-order chi connectivity index (χ1) is 8.25. The van der Waals surface area contributed by atoms with Crippen LogP contribution in [0.15, 0.2) is 30.3 Å². The quantitative estimate of drug-likeness (QED) is 0.841. The van der Waals surface area contributed by atoms with Crippen molar-refractivity contribution in [1.29, 1.82) is 0 Å². The average Bonchev–Trinajstić information content (AvgIpc) is 3.00. The summed E-state index contributed by atoms with van der Waals surface area (Å²) < 4.78 is 0. The lowest BCUT2D eigenvalue weighted by Gasteiger charge is -2.31. The molecule has 0 aromatic heterocycles. The molecule has 3 rings (SSSR count). The molecule has 1 heteroatoms. The van der Waals surface area contributed by atoms with Crippen LogP contribution in [0, 0.1) is 17.8 Å². The number of hydrogen-bond acceptors (Lipinski definition) is 1. The summed E-state index contributed by atoms with van der Waals surface area (Å²) in [5.41, 5.74) is 1.28. The zero-order chi connectivity index (χ0) is 11.8. The molecule has 1 nitrogen and oxygen atoms in total. The number of rotatable bonds is 3. The van der Waals surface area contributed by atoms with Crippen molar-refractivity contribution in [2.75, 3.05) is 0 Å². The van der Waals surface area contributed by atoms with E-state index >= 15 is 0 Å². The molecular formula is C16H22O. The Morgan fingerprint density at radius 3 is 2.47 bits per heavy atom. The van der Waals surface area contributed by atoms with Crippen LogP contribution in [0.4, 0.5) is 0 Å². The molecule has 1 aromatic rings. The van der Waals surface area contributed by atoms with Gasteiger partial charge in [-0.1, -0.05) is 43.7 Å². The molecule has 2 fully saturated rings. The minimum atomic E-state index is -0.146. The van der Waals surface area contributed by atoms with Crippen LogP contribution in [0.25, 0.3) is 0 Å². The van der Waals surface area contributed by atoms with Crippen molar-refractivity contribution in [2.24, 2.45) is 17.8 Å². The second kappa shape index (κ2) is 4.45. The average molecular weight is 230 g/mol. The number of fused-ring (bicyclic) bond motifs is 2. The Bertz CT molecular complexity index is 372. The molecule has 1 N–H and O–H groups in total. The van der Waals surface area contributed by atoms with Gasteiger partial charge in [-0.25, -0.2) is 0 Å². The van der Waals surface area contributed by atoms with Crippen LogP contribution in [0.5, 0.6) is 0 Å². The Morgan fingerprint density at radius 2 is 1.88 bits per heavy atom. The third-order valence-electron chi connectivity index (χ3n) is 5.07. The molecule has 92 valence electrons. The number of aliphatic hydroxyl groups excluding tert-OH is 1. The van der Waals surface area contributed by atoms with Crippen LogP contribution < -0.4 is 0 Å². The Kier molecular flexibility index (Phi) is 2.96. The molecule has 5 atom stereocenters. The number of hydrogen-bond donors (Lipinski definition) is 1. The fraction of sp³-hybridized carbons (Fsp3) is 0.625. The van der Waals surface area contributed by atoms with E-state index in [-0.39, 0.29) is 12.0 Å². The Balaban J connectivity index is 1.72. The van der Waals surface area contributed by atoms with E-state index < -0.39 is 0 Å². The molecule has 1 aromatic carbocycles. The van der Waals surface area contributed by atoms with Gasteiger partial charge in [-0.2, -0.15) is 0 Å². The minimum Gasteiger partial charge on any atom is -0.392 e. The van der Waals surface area contributed by atoms with Gasteiger partial charge in [0.2, 0.25) is 0 Å². The summed E-state index contributed by atoms with van der Waals surface area (Å²) in [7, 11) is 0. The molecule has 2 aliphatic carbocycles. The highest BCUT2D eigenvalue weighted by molar-refractivity contribution is 5.20. The SMILES string of the molecule is CC(c1ccccc1)C(O)C1CC2CCC1C2. The Labute approximate surface area is 104 Å². The summed E-state index contributed by atoms with van der Waals surface area (Å²) in [6.45, 7) is 2.17. The Morgan fingerprint density at radius 1 is 1.12 bits per heavy atom. The van der Waals surface area contributed by atoms with Crippen LogP contribution in [0.1, 0.15) is 44.1 Å². The minimum absolute atomic E-state index is 0.146. The molecule has 0 aliphatic heterocycles. The number of benzene rings is 1. The zero-order valence-electron chi connectivity index (χ0n) is 10.5. The van der Waals surface area contributed by atoms with E-state index in [4.69, 9.17) is 0 Å². The summed E-state index contributed by atoms with van der Waals surface area (Å²) in [5.74, 6) is 2.56. The highest BCUT2D eigenvalue weighted by Gasteiger charge is 2.43. The van der Waals surface area contributed by atoms with Gasteiger partial charge < -0.3 is 5.11 Å². The van der Waals surface area contributed by atoms with Crippen molar-refractivity contribution in [3.05, 3.63) is 35.9 Å². The molecule has 0 saturated heterocycles. The summed E-state index contributed by atoms with van der Waals surface area (Å²) in [5, 5.41) is 10.6. The van der Waals surface area contributed by atoms with E-state index in [9.17, 15) is 5.11 Å². The first-order valence-corrected chi connectivity index (χ1v) is 6.98. The molecule has 0 amide bonds. The van der Waals surface area contributed by atoms with Crippen LogP contribution >= 0.6 is 0 Å². The predicted octanol–water partition coefficient (Wildman–Crippen LogP) is 3.59. The molecule has 2 saturated carbocycles. The summed E-state index contributed by atoms with van der Waals surface area (Å²) in [6.07, 6.45) is 5.26.